The largest absolute Gasteiger partial charge is 0.494 e. The lowest BCUT2D eigenvalue weighted by Gasteiger charge is -2.23. The first-order valence-electron chi connectivity index (χ1n) is 8.23. The highest BCUT2D eigenvalue weighted by atomic mass is 19.4. The zero-order valence-electron chi connectivity index (χ0n) is 15.5. The summed E-state index contributed by atoms with van der Waals surface area (Å²) in [6.45, 7) is 2.32. The van der Waals surface area contributed by atoms with Gasteiger partial charge in [-0.05, 0) is 31.7 Å². The van der Waals surface area contributed by atoms with E-state index in [-0.39, 0.29) is 18.8 Å². The quantitative estimate of drug-likeness (QED) is 0.429. The number of methoxy groups -OCH3 is 1. The molecule has 0 aromatic heterocycles. The molecule has 1 N–H and O–H groups in total. The van der Waals surface area contributed by atoms with Crippen molar-refractivity contribution in [1.29, 1.82) is 0 Å². The van der Waals surface area contributed by atoms with Gasteiger partial charge in [-0.3, -0.25) is 9.89 Å². The van der Waals surface area contributed by atoms with Crippen LogP contribution in [0.3, 0.4) is 0 Å². The van der Waals surface area contributed by atoms with Crippen molar-refractivity contribution in [2.24, 2.45) is 4.99 Å². The van der Waals surface area contributed by atoms with E-state index in [0.717, 1.165) is 5.56 Å². The van der Waals surface area contributed by atoms with Crippen LogP contribution in [0.2, 0.25) is 0 Å². The highest BCUT2D eigenvalue weighted by molar-refractivity contribution is 5.79. The van der Waals surface area contributed by atoms with Gasteiger partial charge in [-0.2, -0.15) is 13.2 Å². The number of aliphatic imine (C=N–C) groups is 1. The third kappa shape index (κ3) is 7.90. The van der Waals surface area contributed by atoms with Crippen LogP contribution in [0.1, 0.15) is 12.5 Å². The summed E-state index contributed by atoms with van der Waals surface area (Å²) in [5, 5.41) is 3.08. The third-order valence-electron chi connectivity index (χ3n) is 3.52. The number of ether oxygens (including phenoxy) is 1. The predicted molar refractivity (Wildman–Crippen MR) is 93.9 cm³/mol. The van der Waals surface area contributed by atoms with Crippen molar-refractivity contribution in [2.75, 3.05) is 47.4 Å². The Morgan fingerprint density at radius 2 is 1.96 bits per heavy atom. The molecule has 9 heteroatoms. The Kier molecular flexibility index (Phi) is 8.64. The van der Waals surface area contributed by atoms with E-state index < -0.39 is 18.5 Å². The van der Waals surface area contributed by atoms with Crippen LogP contribution in [-0.4, -0.2) is 69.3 Å². The van der Waals surface area contributed by atoms with Crippen LogP contribution in [0, 0.1) is 5.82 Å². The molecule has 1 rings (SSSR count). The summed E-state index contributed by atoms with van der Waals surface area (Å²) in [5.74, 6) is 0.267. The number of hydrogen-bond donors (Lipinski definition) is 1. The van der Waals surface area contributed by atoms with Crippen LogP contribution in [0.4, 0.5) is 17.6 Å². The van der Waals surface area contributed by atoms with Crippen molar-refractivity contribution in [3.8, 4) is 5.75 Å². The van der Waals surface area contributed by atoms with Crippen molar-refractivity contribution >= 4 is 5.96 Å². The number of nitrogens with zero attached hydrogens (tertiary/aromatic N) is 3. The van der Waals surface area contributed by atoms with Gasteiger partial charge in [0.2, 0.25) is 0 Å². The lowest BCUT2D eigenvalue weighted by atomic mass is 10.2. The molecule has 1 aromatic rings. The summed E-state index contributed by atoms with van der Waals surface area (Å²) < 4.78 is 55.7. The van der Waals surface area contributed by atoms with Gasteiger partial charge in [0.1, 0.15) is 0 Å². The van der Waals surface area contributed by atoms with Crippen LogP contribution in [0.25, 0.3) is 0 Å². The van der Waals surface area contributed by atoms with Crippen molar-refractivity contribution in [2.45, 2.75) is 19.6 Å². The van der Waals surface area contributed by atoms with E-state index in [1.54, 1.807) is 24.1 Å². The average Bonchev–Trinajstić information content (AvgIpc) is 2.52. The molecule has 0 radical (unpaired) electrons. The molecule has 0 saturated carbocycles. The first kappa shape index (κ1) is 22.0. The predicted octanol–water partition coefficient (Wildman–Crippen LogP) is 2.73. The summed E-state index contributed by atoms with van der Waals surface area (Å²) in [5.41, 5.74) is 0.727. The number of alkyl halides is 3. The normalized spacial score (nSPS) is 12.4. The lowest BCUT2D eigenvalue weighted by molar-refractivity contribution is -0.142. The second kappa shape index (κ2) is 10.2. The molecule has 0 unspecified atom stereocenters. The molecule has 0 spiro atoms. The van der Waals surface area contributed by atoms with Crippen molar-refractivity contribution in [3.05, 3.63) is 29.6 Å². The Balaban J connectivity index is 2.68. The molecule has 0 aliphatic carbocycles. The SMILES string of the molecule is CCNC(=NCCN(C)CC(F)(F)F)N(C)Cc1ccc(OC)c(F)c1. The van der Waals surface area contributed by atoms with Gasteiger partial charge in [-0.1, -0.05) is 6.07 Å². The van der Waals surface area contributed by atoms with Crippen LogP contribution in [0.5, 0.6) is 5.75 Å². The Bertz CT molecular complexity index is 593. The topological polar surface area (TPSA) is 40.1 Å². The zero-order valence-corrected chi connectivity index (χ0v) is 15.5. The molecule has 0 aliphatic heterocycles. The van der Waals surface area contributed by atoms with E-state index in [1.807, 2.05) is 6.92 Å². The molecule has 0 amide bonds. The smallest absolute Gasteiger partial charge is 0.401 e. The van der Waals surface area contributed by atoms with Gasteiger partial charge in [0, 0.05) is 26.7 Å². The Morgan fingerprint density at radius 1 is 1.27 bits per heavy atom. The Labute approximate surface area is 151 Å². The number of hydrogen-bond acceptors (Lipinski definition) is 3. The summed E-state index contributed by atoms with van der Waals surface area (Å²) in [6, 6.07) is 4.68. The minimum atomic E-state index is -4.22. The van der Waals surface area contributed by atoms with Gasteiger partial charge in [-0.15, -0.1) is 0 Å². The van der Waals surface area contributed by atoms with E-state index in [2.05, 4.69) is 10.3 Å². The van der Waals surface area contributed by atoms with Crippen LogP contribution in [-0.2, 0) is 6.54 Å². The highest BCUT2D eigenvalue weighted by Crippen LogP contribution is 2.18. The minimum absolute atomic E-state index is 0.171. The zero-order chi connectivity index (χ0) is 19.7. The van der Waals surface area contributed by atoms with E-state index in [9.17, 15) is 17.6 Å². The fourth-order valence-corrected chi connectivity index (χ4v) is 2.34. The minimum Gasteiger partial charge on any atom is -0.494 e. The second-order valence-electron chi connectivity index (χ2n) is 5.91. The van der Waals surface area contributed by atoms with Gasteiger partial charge in [0.15, 0.2) is 17.5 Å². The summed E-state index contributed by atoms with van der Waals surface area (Å²) in [7, 11) is 4.58. The number of guanidine groups is 1. The monoisotopic (exact) mass is 378 g/mol. The van der Waals surface area contributed by atoms with Crippen LogP contribution < -0.4 is 10.1 Å². The van der Waals surface area contributed by atoms with Crippen LogP contribution in [0.15, 0.2) is 23.2 Å². The fraction of sp³-hybridized carbons (Fsp3) is 0.588. The maximum atomic E-state index is 13.8. The fourth-order valence-electron chi connectivity index (χ4n) is 2.34. The molecule has 5 nitrogen and oxygen atoms in total. The van der Waals surface area contributed by atoms with Gasteiger partial charge < -0.3 is 15.0 Å². The summed E-state index contributed by atoms with van der Waals surface area (Å²) in [6.07, 6.45) is -4.22. The van der Waals surface area contributed by atoms with Crippen molar-refractivity contribution in [3.63, 3.8) is 0 Å². The van der Waals surface area contributed by atoms with Crippen molar-refractivity contribution in [1.82, 2.24) is 15.1 Å². The van der Waals surface area contributed by atoms with E-state index in [0.29, 0.717) is 19.0 Å². The number of nitrogens with one attached hydrogen (secondary N) is 1. The maximum Gasteiger partial charge on any atom is 0.401 e. The molecule has 0 heterocycles. The molecule has 26 heavy (non-hydrogen) atoms. The molecule has 0 fully saturated rings. The first-order chi connectivity index (χ1) is 12.2. The number of likely N-dealkylation sites (N-methyl/N-ethyl adjacent to an activating group) is 1. The second-order valence-corrected chi connectivity index (χ2v) is 5.91. The van der Waals surface area contributed by atoms with Gasteiger partial charge >= 0.3 is 6.18 Å². The molecule has 0 saturated heterocycles. The average molecular weight is 378 g/mol. The van der Waals surface area contributed by atoms with Crippen molar-refractivity contribution < 1.29 is 22.3 Å². The molecule has 0 bridgehead atoms. The first-order valence-corrected chi connectivity index (χ1v) is 8.23. The molecule has 1 aromatic carbocycles. The molecule has 0 aliphatic rings. The Hall–Kier alpha value is -2.03. The van der Waals surface area contributed by atoms with Crippen LogP contribution >= 0.6 is 0 Å². The lowest BCUT2D eigenvalue weighted by Crippen LogP contribution is -2.39. The maximum absolute atomic E-state index is 13.8. The van der Waals surface area contributed by atoms with E-state index in [4.69, 9.17) is 4.74 Å². The highest BCUT2D eigenvalue weighted by Gasteiger charge is 2.28. The van der Waals surface area contributed by atoms with Gasteiger partial charge in [-0.25, -0.2) is 4.39 Å². The van der Waals surface area contributed by atoms with E-state index in [1.165, 1.54) is 25.1 Å². The number of rotatable bonds is 8. The number of halogens is 4. The Morgan fingerprint density at radius 3 is 2.50 bits per heavy atom. The summed E-state index contributed by atoms with van der Waals surface area (Å²) in [4.78, 5) is 7.30. The molecular formula is C17H26F4N4O. The number of benzene rings is 1. The molecule has 148 valence electrons. The molecule has 0 atom stereocenters. The van der Waals surface area contributed by atoms with Gasteiger partial charge in [0.25, 0.3) is 0 Å². The third-order valence-corrected chi connectivity index (χ3v) is 3.52. The standard InChI is InChI=1S/C17H26F4N4O/c1-5-22-16(23-8-9-24(2)12-17(19,20)21)25(3)11-13-6-7-15(26-4)14(18)10-13/h6-7,10H,5,8-9,11-12H2,1-4H3,(H,22,23). The van der Waals surface area contributed by atoms with E-state index >= 15 is 0 Å². The summed E-state index contributed by atoms with van der Waals surface area (Å²) >= 11 is 0. The van der Waals surface area contributed by atoms with Gasteiger partial charge in [0.05, 0.1) is 20.2 Å². The molecular weight excluding hydrogens is 352 g/mol.